The van der Waals surface area contributed by atoms with E-state index in [2.05, 4.69) is 26.8 Å². The number of benzene rings is 1. The number of ether oxygens (including phenoxy) is 1. The maximum absolute atomic E-state index is 13.5. The van der Waals surface area contributed by atoms with Crippen LogP contribution in [0.15, 0.2) is 78.1 Å². The standard InChI is InChI=1S/C25H27N5O3S/c1-18-12-15-30(17-23(18)29(2)22-11-14-27-25-21(22)10-13-26-25)34(31,32)20-8-9-24(28-16-20)33-19-6-4-3-5-7-19/h3-11,13-14,16,18,23H,12,15,17H2,1-2H3,(H,26,27)/t18-,23?/m1/s1. The molecule has 3 aromatic heterocycles. The number of fused-ring (bicyclic) bond motifs is 1. The summed E-state index contributed by atoms with van der Waals surface area (Å²) in [5.74, 6) is 1.33. The number of para-hydroxylation sites is 1. The molecule has 0 saturated carbocycles. The Morgan fingerprint density at radius 1 is 1.09 bits per heavy atom. The molecule has 1 aliphatic heterocycles. The van der Waals surface area contributed by atoms with Crippen molar-refractivity contribution in [3.63, 3.8) is 0 Å². The van der Waals surface area contributed by atoms with Crippen LogP contribution in [-0.4, -0.2) is 53.9 Å². The molecule has 0 spiro atoms. The number of aromatic amines is 1. The highest BCUT2D eigenvalue weighted by atomic mass is 32.2. The quantitative estimate of drug-likeness (QED) is 0.446. The molecule has 9 heteroatoms. The van der Waals surface area contributed by atoms with Crippen LogP contribution in [0.2, 0.25) is 0 Å². The van der Waals surface area contributed by atoms with Crippen LogP contribution in [0.4, 0.5) is 5.69 Å². The van der Waals surface area contributed by atoms with Crippen molar-refractivity contribution in [2.45, 2.75) is 24.3 Å². The third-order valence-corrected chi connectivity index (χ3v) is 8.36. The lowest BCUT2D eigenvalue weighted by Crippen LogP contribution is -2.52. The topological polar surface area (TPSA) is 91.4 Å². The second-order valence-corrected chi connectivity index (χ2v) is 10.6. The molecule has 1 fully saturated rings. The number of pyridine rings is 2. The molecule has 8 nitrogen and oxygen atoms in total. The van der Waals surface area contributed by atoms with E-state index in [-0.39, 0.29) is 10.9 Å². The Labute approximate surface area is 199 Å². The summed E-state index contributed by atoms with van der Waals surface area (Å²) in [7, 11) is -1.66. The van der Waals surface area contributed by atoms with Gasteiger partial charge >= 0.3 is 0 Å². The highest BCUT2D eigenvalue weighted by Gasteiger charge is 2.36. The molecule has 1 unspecified atom stereocenters. The zero-order valence-electron chi connectivity index (χ0n) is 19.1. The van der Waals surface area contributed by atoms with E-state index in [0.29, 0.717) is 30.6 Å². The number of nitrogens with zero attached hydrogens (tertiary/aromatic N) is 4. The molecule has 0 amide bonds. The van der Waals surface area contributed by atoms with Gasteiger partial charge in [0.1, 0.15) is 16.3 Å². The van der Waals surface area contributed by atoms with Gasteiger partial charge in [-0.15, -0.1) is 0 Å². The van der Waals surface area contributed by atoms with E-state index < -0.39 is 10.0 Å². The van der Waals surface area contributed by atoms with Crippen LogP contribution < -0.4 is 9.64 Å². The Balaban J connectivity index is 1.35. The van der Waals surface area contributed by atoms with Gasteiger partial charge < -0.3 is 14.6 Å². The maximum atomic E-state index is 13.5. The van der Waals surface area contributed by atoms with E-state index in [1.54, 1.807) is 22.6 Å². The van der Waals surface area contributed by atoms with Gasteiger partial charge in [0.05, 0.1) is 6.20 Å². The minimum atomic E-state index is -3.69. The number of nitrogens with one attached hydrogen (secondary N) is 1. The molecule has 34 heavy (non-hydrogen) atoms. The van der Waals surface area contributed by atoms with Gasteiger partial charge in [-0.2, -0.15) is 4.31 Å². The molecule has 1 aromatic carbocycles. The van der Waals surface area contributed by atoms with Gasteiger partial charge in [-0.25, -0.2) is 18.4 Å². The fourth-order valence-electron chi connectivity index (χ4n) is 4.51. The number of hydrogen-bond donors (Lipinski definition) is 1. The average Bonchev–Trinajstić information content (AvgIpc) is 3.34. The highest BCUT2D eigenvalue weighted by molar-refractivity contribution is 7.89. The van der Waals surface area contributed by atoms with E-state index in [4.69, 9.17) is 4.74 Å². The molecule has 1 aliphatic rings. The van der Waals surface area contributed by atoms with Crippen molar-refractivity contribution in [1.82, 2.24) is 19.3 Å². The van der Waals surface area contributed by atoms with Gasteiger partial charge in [-0.3, -0.25) is 0 Å². The summed E-state index contributed by atoms with van der Waals surface area (Å²) in [6.07, 6.45) is 5.79. The summed E-state index contributed by atoms with van der Waals surface area (Å²) in [4.78, 5) is 14.1. The third-order valence-electron chi connectivity index (χ3n) is 6.51. The third kappa shape index (κ3) is 4.24. The highest BCUT2D eigenvalue weighted by Crippen LogP contribution is 2.32. The normalized spacial score (nSPS) is 19.2. The van der Waals surface area contributed by atoms with Gasteiger partial charge in [0.15, 0.2) is 0 Å². The Morgan fingerprint density at radius 2 is 1.91 bits per heavy atom. The molecule has 4 heterocycles. The first-order valence-electron chi connectivity index (χ1n) is 11.3. The van der Waals surface area contributed by atoms with Crippen LogP contribution in [0, 0.1) is 5.92 Å². The summed E-state index contributed by atoms with van der Waals surface area (Å²) >= 11 is 0. The molecule has 1 saturated heterocycles. The SMILES string of the molecule is C[C@@H]1CCN(S(=O)(=O)c2ccc(Oc3ccccc3)nc2)CC1N(C)c1ccnc2[nH]ccc12. The minimum Gasteiger partial charge on any atom is -0.439 e. The first-order chi connectivity index (χ1) is 16.4. The Hall–Kier alpha value is -3.43. The molecule has 5 rings (SSSR count). The van der Waals surface area contributed by atoms with Crippen LogP contribution in [0.1, 0.15) is 13.3 Å². The summed E-state index contributed by atoms with van der Waals surface area (Å²) in [6, 6.07) is 16.4. The largest absolute Gasteiger partial charge is 0.439 e. The van der Waals surface area contributed by atoms with E-state index >= 15 is 0 Å². The number of aromatic nitrogens is 3. The molecule has 0 aliphatic carbocycles. The van der Waals surface area contributed by atoms with Crippen LogP contribution >= 0.6 is 0 Å². The molecular weight excluding hydrogens is 450 g/mol. The number of anilines is 1. The number of sulfonamides is 1. The predicted molar refractivity (Wildman–Crippen MR) is 132 cm³/mol. The Kier molecular flexibility index (Phi) is 5.97. The van der Waals surface area contributed by atoms with Gasteiger partial charge in [-0.05, 0) is 42.7 Å². The van der Waals surface area contributed by atoms with Crippen LogP contribution in [-0.2, 0) is 10.0 Å². The van der Waals surface area contributed by atoms with Gasteiger partial charge in [-0.1, -0.05) is 25.1 Å². The number of piperidine rings is 1. The summed E-state index contributed by atoms with van der Waals surface area (Å²) < 4.78 is 34.2. The Bertz CT molecular complexity index is 1370. The zero-order valence-corrected chi connectivity index (χ0v) is 19.9. The predicted octanol–water partition coefficient (Wildman–Crippen LogP) is 4.29. The van der Waals surface area contributed by atoms with Crippen molar-refractivity contribution >= 4 is 26.7 Å². The summed E-state index contributed by atoms with van der Waals surface area (Å²) in [5, 5.41) is 1.02. The summed E-state index contributed by atoms with van der Waals surface area (Å²) in [6.45, 7) is 3.06. The molecule has 0 radical (unpaired) electrons. The summed E-state index contributed by atoms with van der Waals surface area (Å²) in [5.41, 5.74) is 1.85. The molecule has 0 bridgehead atoms. The zero-order chi connectivity index (χ0) is 23.7. The van der Waals surface area contributed by atoms with E-state index in [9.17, 15) is 8.42 Å². The minimum absolute atomic E-state index is 0.0256. The maximum Gasteiger partial charge on any atom is 0.244 e. The number of hydrogen-bond acceptors (Lipinski definition) is 6. The van der Waals surface area contributed by atoms with Gasteiger partial charge in [0, 0.05) is 55.7 Å². The smallest absolute Gasteiger partial charge is 0.244 e. The van der Waals surface area contributed by atoms with E-state index in [1.165, 1.54) is 6.20 Å². The monoisotopic (exact) mass is 477 g/mol. The van der Waals surface area contributed by atoms with Crippen LogP contribution in [0.5, 0.6) is 11.6 Å². The van der Waals surface area contributed by atoms with Crippen LogP contribution in [0.25, 0.3) is 11.0 Å². The number of rotatable bonds is 6. The van der Waals surface area contributed by atoms with Crippen molar-refractivity contribution in [3.8, 4) is 11.6 Å². The second-order valence-electron chi connectivity index (χ2n) is 8.62. The lowest BCUT2D eigenvalue weighted by Gasteiger charge is -2.42. The van der Waals surface area contributed by atoms with Crippen LogP contribution in [0.3, 0.4) is 0 Å². The van der Waals surface area contributed by atoms with Crippen molar-refractivity contribution in [1.29, 1.82) is 0 Å². The lowest BCUT2D eigenvalue weighted by molar-refractivity contribution is 0.247. The molecule has 1 N–H and O–H groups in total. The van der Waals surface area contributed by atoms with Crippen molar-refractivity contribution in [3.05, 3.63) is 73.2 Å². The number of H-pyrrole nitrogens is 1. The first-order valence-corrected chi connectivity index (χ1v) is 12.7. The van der Waals surface area contributed by atoms with Crippen molar-refractivity contribution < 1.29 is 13.2 Å². The van der Waals surface area contributed by atoms with Crippen molar-refractivity contribution in [2.24, 2.45) is 5.92 Å². The Morgan fingerprint density at radius 3 is 2.68 bits per heavy atom. The van der Waals surface area contributed by atoms with Gasteiger partial charge in [0.25, 0.3) is 0 Å². The van der Waals surface area contributed by atoms with E-state index in [1.807, 2.05) is 55.7 Å². The van der Waals surface area contributed by atoms with Crippen molar-refractivity contribution in [2.75, 3.05) is 25.0 Å². The first kappa shape index (κ1) is 22.4. The fraction of sp³-hybridized carbons (Fsp3) is 0.280. The molecule has 176 valence electrons. The second kappa shape index (κ2) is 9.08. The molecule has 2 atom stereocenters. The van der Waals surface area contributed by atoms with E-state index in [0.717, 1.165) is 23.1 Å². The average molecular weight is 478 g/mol. The molecular formula is C25H27N5O3S. The number of likely N-dealkylation sites (N-methyl/N-ethyl adjacent to an activating group) is 1. The fourth-order valence-corrected chi connectivity index (χ4v) is 5.93. The van der Waals surface area contributed by atoms with Gasteiger partial charge in [0.2, 0.25) is 15.9 Å². The molecule has 4 aromatic rings. The lowest BCUT2D eigenvalue weighted by atomic mass is 9.93.